The largest absolute Gasteiger partial charge is 0.497 e. The number of hydrogen-bond donors (Lipinski definition) is 0. The van der Waals surface area contributed by atoms with Crippen LogP contribution < -0.4 is 14.2 Å². The average Bonchev–Trinajstić information content (AvgIpc) is 2.73. The number of hydrogen-bond acceptors (Lipinski definition) is 6. The van der Waals surface area contributed by atoms with Crippen LogP contribution in [-0.4, -0.2) is 36.3 Å². The van der Waals surface area contributed by atoms with Crippen LogP contribution in [0.15, 0.2) is 42.7 Å². The molecule has 146 valence electrons. The minimum absolute atomic E-state index is 0.718. The van der Waals surface area contributed by atoms with E-state index in [1.807, 2.05) is 43.5 Å². The lowest BCUT2D eigenvalue weighted by Gasteiger charge is -2.12. The van der Waals surface area contributed by atoms with E-state index in [0.717, 1.165) is 64.9 Å². The molecule has 3 aromatic rings. The molecule has 28 heavy (non-hydrogen) atoms. The maximum absolute atomic E-state index is 5.41. The Labute approximate surface area is 165 Å². The Morgan fingerprint density at radius 1 is 0.857 bits per heavy atom. The standard InChI is InChI=1S/C22H25N3O3/c1-15-24-14-17(11-16-5-8-21(27-3)22(12-16)28-4)20(25-15)7-6-18-13-19(26-2)9-10-23-18/h5,8-10,12-14H,6-7,11H2,1-4H3. The molecule has 1 aromatic carbocycles. The monoisotopic (exact) mass is 379 g/mol. The minimum atomic E-state index is 0.718. The van der Waals surface area contributed by atoms with Crippen LogP contribution in [0, 0.1) is 6.92 Å². The minimum Gasteiger partial charge on any atom is -0.497 e. The molecule has 0 unspecified atom stereocenters. The maximum Gasteiger partial charge on any atom is 0.160 e. The summed E-state index contributed by atoms with van der Waals surface area (Å²) in [6.07, 6.45) is 5.97. The first-order chi connectivity index (χ1) is 13.6. The zero-order chi connectivity index (χ0) is 19.9. The van der Waals surface area contributed by atoms with Gasteiger partial charge < -0.3 is 14.2 Å². The first kappa shape index (κ1) is 19.6. The molecule has 0 fully saturated rings. The van der Waals surface area contributed by atoms with Gasteiger partial charge in [-0.1, -0.05) is 6.07 Å². The molecular weight excluding hydrogens is 354 g/mol. The Morgan fingerprint density at radius 3 is 2.43 bits per heavy atom. The number of aromatic nitrogens is 3. The predicted octanol–water partition coefficient (Wildman–Crippen LogP) is 3.58. The van der Waals surface area contributed by atoms with E-state index in [9.17, 15) is 0 Å². The lowest BCUT2D eigenvalue weighted by atomic mass is 10.0. The van der Waals surface area contributed by atoms with Gasteiger partial charge in [-0.15, -0.1) is 0 Å². The van der Waals surface area contributed by atoms with Gasteiger partial charge in [0.05, 0.1) is 21.3 Å². The van der Waals surface area contributed by atoms with Crippen molar-refractivity contribution in [2.75, 3.05) is 21.3 Å². The maximum atomic E-state index is 5.41. The summed E-state index contributed by atoms with van der Waals surface area (Å²) in [5.74, 6) is 3.02. The van der Waals surface area contributed by atoms with Crippen molar-refractivity contribution in [3.8, 4) is 17.2 Å². The summed E-state index contributed by atoms with van der Waals surface area (Å²) in [4.78, 5) is 13.5. The van der Waals surface area contributed by atoms with E-state index in [1.165, 1.54) is 0 Å². The molecule has 2 heterocycles. The molecule has 0 N–H and O–H groups in total. The normalized spacial score (nSPS) is 10.6. The van der Waals surface area contributed by atoms with E-state index >= 15 is 0 Å². The number of nitrogens with zero attached hydrogens (tertiary/aromatic N) is 3. The van der Waals surface area contributed by atoms with Crippen molar-refractivity contribution in [1.82, 2.24) is 15.0 Å². The van der Waals surface area contributed by atoms with Crippen LogP contribution in [0.2, 0.25) is 0 Å². The third kappa shape index (κ3) is 4.76. The highest BCUT2D eigenvalue weighted by Gasteiger charge is 2.11. The number of methoxy groups -OCH3 is 3. The predicted molar refractivity (Wildman–Crippen MR) is 107 cm³/mol. The highest BCUT2D eigenvalue weighted by Crippen LogP contribution is 2.28. The number of aryl methyl sites for hydroxylation is 3. The molecular formula is C22H25N3O3. The molecule has 0 aliphatic rings. The van der Waals surface area contributed by atoms with Gasteiger partial charge >= 0.3 is 0 Å². The zero-order valence-electron chi connectivity index (χ0n) is 16.7. The second kappa shape index (κ2) is 9.17. The molecule has 0 spiro atoms. The Morgan fingerprint density at radius 2 is 1.68 bits per heavy atom. The number of rotatable bonds is 8. The summed E-state index contributed by atoms with van der Waals surface area (Å²) in [7, 11) is 4.94. The Balaban J connectivity index is 1.80. The molecule has 0 atom stereocenters. The van der Waals surface area contributed by atoms with Crippen LogP contribution in [0.4, 0.5) is 0 Å². The van der Waals surface area contributed by atoms with Crippen molar-refractivity contribution >= 4 is 0 Å². The molecule has 2 aromatic heterocycles. The van der Waals surface area contributed by atoms with Crippen molar-refractivity contribution < 1.29 is 14.2 Å². The molecule has 0 radical (unpaired) electrons. The van der Waals surface area contributed by atoms with E-state index in [1.54, 1.807) is 27.5 Å². The summed E-state index contributed by atoms with van der Waals surface area (Å²) < 4.78 is 16.0. The first-order valence-electron chi connectivity index (χ1n) is 9.14. The van der Waals surface area contributed by atoms with E-state index in [2.05, 4.69) is 15.0 Å². The van der Waals surface area contributed by atoms with Gasteiger partial charge in [-0.05, 0) is 49.1 Å². The quantitative estimate of drug-likeness (QED) is 0.596. The van der Waals surface area contributed by atoms with Gasteiger partial charge in [0.1, 0.15) is 11.6 Å². The summed E-state index contributed by atoms with van der Waals surface area (Å²) >= 11 is 0. The van der Waals surface area contributed by atoms with Gasteiger partial charge in [0, 0.05) is 36.3 Å². The second-order valence-corrected chi connectivity index (χ2v) is 6.44. The molecule has 0 bridgehead atoms. The summed E-state index contributed by atoms with van der Waals surface area (Å²) in [5.41, 5.74) is 4.23. The fraction of sp³-hybridized carbons (Fsp3) is 0.318. The van der Waals surface area contributed by atoms with Crippen molar-refractivity contribution in [1.29, 1.82) is 0 Å². The smallest absolute Gasteiger partial charge is 0.160 e. The number of pyridine rings is 1. The Kier molecular flexibility index (Phi) is 6.42. The molecule has 0 aliphatic carbocycles. The zero-order valence-corrected chi connectivity index (χ0v) is 16.7. The fourth-order valence-corrected chi connectivity index (χ4v) is 3.08. The van der Waals surface area contributed by atoms with Gasteiger partial charge in [0.2, 0.25) is 0 Å². The summed E-state index contributed by atoms with van der Waals surface area (Å²) in [6, 6.07) is 9.76. The highest BCUT2D eigenvalue weighted by atomic mass is 16.5. The van der Waals surface area contributed by atoms with Crippen molar-refractivity contribution in [3.05, 3.63) is 71.1 Å². The molecule has 6 heteroatoms. The average molecular weight is 379 g/mol. The van der Waals surface area contributed by atoms with E-state index in [-0.39, 0.29) is 0 Å². The third-order valence-electron chi connectivity index (χ3n) is 4.56. The molecule has 3 rings (SSSR count). The molecule has 6 nitrogen and oxygen atoms in total. The van der Waals surface area contributed by atoms with E-state index in [0.29, 0.717) is 0 Å². The molecule has 0 amide bonds. The van der Waals surface area contributed by atoms with Gasteiger partial charge in [0.15, 0.2) is 11.5 Å². The summed E-state index contributed by atoms with van der Waals surface area (Å²) in [6.45, 7) is 1.91. The van der Waals surface area contributed by atoms with Crippen molar-refractivity contribution in [2.24, 2.45) is 0 Å². The van der Waals surface area contributed by atoms with E-state index < -0.39 is 0 Å². The van der Waals surface area contributed by atoms with E-state index in [4.69, 9.17) is 14.2 Å². The van der Waals surface area contributed by atoms with Crippen molar-refractivity contribution in [2.45, 2.75) is 26.2 Å². The van der Waals surface area contributed by atoms with Crippen LogP contribution in [0.1, 0.15) is 28.3 Å². The van der Waals surface area contributed by atoms with Crippen LogP contribution in [-0.2, 0) is 19.3 Å². The Hall–Kier alpha value is -3.15. The molecule has 0 aliphatic heterocycles. The van der Waals surface area contributed by atoms with Crippen LogP contribution >= 0.6 is 0 Å². The number of ether oxygens (including phenoxy) is 3. The van der Waals surface area contributed by atoms with Gasteiger partial charge in [-0.2, -0.15) is 0 Å². The SMILES string of the molecule is COc1ccnc(CCc2nc(C)ncc2Cc2ccc(OC)c(OC)c2)c1. The van der Waals surface area contributed by atoms with Crippen molar-refractivity contribution in [3.63, 3.8) is 0 Å². The highest BCUT2D eigenvalue weighted by molar-refractivity contribution is 5.44. The van der Waals surface area contributed by atoms with Crippen LogP contribution in [0.5, 0.6) is 17.2 Å². The topological polar surface area (TPSA) is 66.4 Å². The lowest BCUT2D eigenvalue weighted by Crippen LogP contribution is -2.05. The summed E-state index contributed by atoms with van der Waals surface area (Å²) in [5, 5.41) is 0. The fourth-order valence-electron chi connectivity index (χ4n) is 3.08. The third-order valence-corrected chi connectivity index (χ3v) is 4.56. The second-order valence-electron chi connectivity index (χ2n) is 6.44. The van der Waals surface area contributed by atoms with Crippen LogP contribution in [0.3, 0.4) is 0 Å². The lowest BCUT2D eigenvalue weighted by molar-refractivity contribution is 0.354. The number of benzene rings is 1. The Bertz CT molecular complexity index is 944. The molecule has 0 saturated carbocycles. The van der Waals surface area contributed by atoms with Crippen LogP contribution in [0.25, 0.3) is 0 Å². The molecule has 0 saturated heterocycles. The van der Waals surface area contributed by atoms with Gasteiger partial charge in [-0.3, -0.25) is 4.98 Å². The first-order valence-corrected chi connectivity index (χ1v) is 9.14. The van der Waals surface area contributed by atoms with Gasteiger partial charge in [-0.25, -0.2) is 9.97 Å². The van der Waals surface area contributed by atoms with Gasteiger partial charge in [0.25, 0.3) is 0 Å².